The third-order valence-electron chi connectivity index (χ3n) is 5.55. The van der Waals surface area contributed by atoms with E-state index in [4.69, 9.17) is 0 Å². The van der Waals surface area contributed by atoms with Crippen molar-refractivity contribution in [2.75, 3.05) is 4.90 Å². The summed E-state index contributed by atoms with van der Waals surface area (Å²) < 4.78 is 0. The maximum atomic E-state index is 13.1. The third kappa shape index (κ3) is 2.02. The number of fused-ring (bicyclic) bond motifs is 2. The summed E-state index contributed by atoms with van der Waals surface area (Å²) >= 11 is 1.33. The normalized spacial score (nSPS) is 14.4. The largest absolute Gasteiger partial charge is 0.295 e. The van der Waals surface area contributed by atoms with E-state index in [1.807, 2.05) is 23.1 Å². The second-order valence-electron chi connectivity index (χ2n) is 6.96. The van der Waals surface area contributed by atoms with Crippen LogP contribution in [-0.2, 0) is 0 Å². The highest BCUT2D eigenvalue weighted by Crippen LogP contribution is 2.45. The molecule has 2 aliphatic heterocycles. The topological polar surface area (TPSA) is 20.3 Å². The van der Waals surface area contributed by atoms with E-state index >= 15 is 0 Å². The van der Waals surface area contributed by atoms with Crippen molar-refractivity contribution in [3.8, 4) is 0 Å². The summed E-state index contributed by atoms with van der Waals surface area (Å²) in [5.74, 6) is 0. The van der Waals surface area contributed by atoms with E-state index in [1.54, 1.807) is 0 Å². The Morgan fingerprint density at radius 1 is 0.741 bits per heavy atom. The number of carbonyl (C=O) groups excluding carboxylic acids is 1. The number of hydrogen-bond acceptors (Lipinski definition) is 2. The maximum Gasteiger partial charge on any atom is 0.295 e. The lowest BCUT2D eigenvalue weighted by molar-refractivity contribution is 0.267. The van der Waals surface area contributed by atoms with Crippen LogP contribution < -0.4 is 21.3 Å². The fourth-order valence-electron chi connectivity index (χ4n) is 4.46. The van der Waals surface area contributed by atoms with Crippen molar-refractivity contribution in [1.29, 1.82) is 0 Å². The number of anilines is 2. The van der Waals surface area contributed by atoms with Gasteiger partial charge >= 0.3 is 0 Å². The highest BCUT2D eigenvalue weighted by Gasteiger charge is 2.40. The van der Waals surface area contributed by atoms with Crippen LogP contribution in [0, 0.1) is 0 Å². The van der Waals surface area contributed by atoms with Gasteiger partial charge in [0.25, 0.3) is 5.24 Å². The molecule has 2 aliphatic rings. The van der Waals surface area contributed by atoms with Gasteiger partial charge in [0.15, 0.2) is 0 Å². The van der Waals surface area contributed by atoms with Gasteiger partial charge in [0.05, 0.1) is 5.69 Å². The zero-order chi connectivity index (χ0) is 18.0. The second-order valence-corrected chi connectivity index (χ2v) is 7.96. The molecule has 0 aromatic heterocycles. The summed E-state index contributed by atoms with van der Waals surface area (Å²) in [7, 11) is 0. The first-order valence-electron chi connectivity index (χ1n) is 9.04. The predicted molar refractivity (Wildman–Crippen MR) is 115 cm³/mol. The van der Waals surface area contributed by atoms with E-state index in [-0.39, 0.29) is 12.0 Å². The molecule has 0 unspecified atom stereocenters. The number of carbonyl (C=O) groups is 1. The van der Waals surface area contributed by atoms with Crippen molar-refractivity contribution in [3.05, 3.63) is 84.9 Å². The first-order valence-corrected chi connectivity index (χ1v) is 9.86. The van der Waals surface area contributed by atoms with Crippen LogP contribution in [0.5, 0.6) is 0 Å². The van der Waals surface area contributed by atoms with Crippen molar-refractivity contribution in [2.24, 2.45) is 0 Å². The fraction of sp³-hybridized carbons (Fsp3) is 0. The molecular weight excluding hydrogens is 349 g/mol. The molecule has 0 bridgehead atoms. The van der Waals surface area contributed by atoms with Crippen LogP contribution in [0.25, 0.3) is 10.8 Å². The van der Waals surface area contributed by atoms with Gasteiger partial charge in [-0.1, -0.05) is 78.3 Å². The van der Waals surface area contributed by atoms with Crippen LogP contribution in [-0.4, -0.2) is 12.0 Å². The van der Waals surface area contributed by atoms with E-state index in [9.17, 15) is 4.79 Å². The molecule has 2 nitrogen and oxygen atoms in total. The lowest BCUT2D eigenvalue weighted by Crippen LogP contribution is -2.58. The van der Waals surface area contributed by atoms with E-state index in [0.717, 1.165) is 16.3 Å². The SMILES string of the molecule is O=C1Sc2cccc3ccc4c(c23)N1c1ccccc1B4c1ccccc1. The molecule has 4 aromatic rings. The molecule has 0 atom stereocenters. The Balaban J connectivity index is 1.77. The molecule has 0 radical (unpaired) electrons. The molecule has 6 rings (SSSR count). The van der Waals surface area contributed by atoms with Crippen LogP contribution in [0.1, 0.15) is 0 Å². The lowest BCUT2D eigenvalue weighted by atomic mass is 9.35. The number of thioether (sulfide) groups is 1. The Hall–Kier alpha value is -2.98. The van der Waals surface area contributed by atoms with Gasteiger partial charge < -0.3 is 0 Å². The molecular formula is C23H14BNOS. The van der Waals surface area contributed by atoms with Gasteiger partial charge in [0, 0.05) is 16.0 Å². The van der Waals surface area contributed by atoms with Gasteiger partial charge in [-0.05, 0) is 40.2 Å². The van der Waals surface area contributed by atoms with Gasteiger partial charge in [0.2, 0.25) is 6.71 Å². The molecule has 4 aromatic carbocycles. The first-order chi connectivity index (χ1) is 13.3. The molecule has 0 N–H and O–H groups in total. The minimum Gasteiger partial charge on any atom is -0.272 e. The van der Waals surface area contributed by atoms with Crippen LogP contribution >= 0.6 is 11.8 Å². The fourth-order valence-corrected chi connectivity index (χ4v) is 5.39. The van der Waals surface area contributed by atoms with Crippen LogP contribution in [0.2, 0.25) is 0 Å². The molecule has 2 heterocycles. The average molecular weight is 363 g/mol. The minimum atomic E-state index is 0.0708. The maximum absolute atomic E-state index is 13.1. The standard InChI is InChI=1S/C23H14BNOS/c26-23-25-19-11-5-4-10-17(19)24(16-8-2-1-3-9-16)18-14-13-15-7-6-12-20(27-23)21(15)22(18)25/h1-14H. The number of amides is 1. The Bertz CT molecular complexity index is 1240. The van der Waals surface area contributed by atoms with E-state index in [1.165, 1.54) is 38.9 Å². The minimum absolute atomic E-state index is 0.0708. The van der Waals surface area contributed by atoms with E-state index < -0.39 is 0 Å². The predicted octanol–water partition coefficient (Wildman–Crippen LogP) is 4.03. The molecule has 0 spiro atoms. The molecule has 0 saturated carbocycles. The number of para-hydroxylation sites is 1. The van der Waals surface area contributed by atoms with Gasteiger partial charge in [-0.2, -0.15) is 0 Å². The average Bonchev–Trinajstić information content (AvgIpc) is 2.72. The Morgan fingerprint density at radius 2 is 1.56 bits per heavy atom. The summed E-state index contributed by atoms with van der Waals surface area (Å²) in [4.78, 5) is 16.1. The molecule has 126 valence electrons. The van der Waals surface area contributed by atoms with Crippen LogP contribution in [0.3, 0.4) is 0 Å². The van der Waals surface area contributed by atoms with Gasteiger partial charge in [-0.3, -0.25) is 9.69 Å². The summed E-state index contributed by atoms with van der Waals surface area (Å²) in [6.07, 6.45) is 0. The lowest BCUT2D eigenvalue weighted by Gasteiger charge is -2.38. The first kappa shape index (κ1) is 15.1. The molecule has 1 amide bonds. The highest BCUT2D eigenvalue weighted by molar-refractivity contribution is 8.14. The summed E-state index contributed by atoms with van der Waals surface area (Å²) in [6.45, 7) is 0.127. The van der Waals surface area contributed by atoms with Gasteiger partial charge in [-0.15, -0.1) is 0 Å². The zero-order valence-electron chi connectivity index (χ0n) is 14.4. The summed E-state index contributed by atoms with van der Waals surface area (Å²) in [5.41, 5.74) is 5.69. The van der Waals surface area contributed by atoms with E-state index in [0.29, 0.717) is 0 Å². The van der Waals surface area contributed by atoms with Crippen molar-refractivity contribution < 1.29 is 4.79 Å². The van der Waals surface area contributed by atoms with Crippen LogP contribution in [0.15, 0.2) is 89.8 Å². The second kappa shape index (κ2) is 5.51. The highest BCUT2D eigenvalue weighted by atomic mass is 32.2. The number of hydrogen-bond donors (Lipinski definition) is 0. The van der Waals surface area contributed by atoms with Crippen molar-refractivity contribution in [2.45, 2.75) is 4.90 Å². The smallest absolute Gasteiger partial charge is 0.272 e. The van der Waals surface area contributed by atoms with Crippen molar-refractivity contribution >= 4 is 62.2 Å². The van der Waals surface area contributed by atoms with Crippen LogP contribution in [0.4, 0.5) is 16.2 Å². The molecule has 4 heteroatoms. The zero-order valence-corrected chi connectivity index (χ0v) is 15.2. The van der Waals surface area contributed by atoms with Crippen molar-refractivity contribution in [1.82, 2.24) is 0 Å². The Morgan fingerprint density at radius 3 is 2.44 bits per heavy atom. The quantitative estimate of drug-likeness (QED) is 0.476. The number of benzene rings is 4. The molecule has 0 saturated heterocycles. The Labute approximate surface area is 161 Å². The summed E-state index contributed by atoms with van der Waals surface area (Å²) in [5, 5.41) is 2.44. The molecule has 27 heavy (non-hydrogen) atoms. The number of nitrogens with zero attached hydrogens (tertiary/aromatic N) is 1. The molecule has 0 aliphatic carbocycles. The van der Waals surface area contributed by atoms with Gasteiger partial charge in [-0.25, -0.2) is 0 Å². The van der Waals surface area contributed by atoms with Crippen molar-refractivity contribution in [3.63, 3.8) is 0 Å². The monoisotopic (exact) mass is 363 g/mol. The third-order valence-corrected chi connectivity index (χ3v) is 6.46. The summed E-state index contributed by atoms with van der Waals surface area (Å²) in [6, 6.07) is 29.5. The van der Waals surface area contributed by atoms with Gasteiger partial charge in [0.1, 0.15) is 0 Å². The Kier molecular flexibility index (Phi) is 3.09. The van der Waals surface area contributed by atoms with E-state index in [2.05, 4.69) is 66.7 Å². The number of rotatable bonds is 1. The molecule has 0 fully saturated rings.